The molecule has 2 aromatic rings. The molecule has 0 bridgehead atoms. The number of primary amides is 1. The Morgan fingerprint density at radius 2 is 2.12 bits per heavy atom. The Morgan fingerprint density at radius 3 is 2.71 bits per heavy atom. The second kappa shape index (κ2) is 3.77. The molecule has 0 fully saturated rings. The van der Waals surface area contributed by atoms with Gasteiger partial charge in [-0.25, -0.2) is 8.42 Å². The van der Waals surface area contributed by atoms with E-state index in [1.807, 2.05) is 0 Å². The van der Waals surface area contributed by atoms with Gasteiger partial charge in [0.25, 0.3) is 5.91 Å². The first-order valence-corrected chi connectivity index (χ1v) is 6.55. The van der Waals surface area contributed by atoms with Gasteiger partial charge in [0.2, 0.25) is 10.0 Å². The Kier molecular flexibility index (Phi) is 2.55. The summed E-state index contributed by atoms with van der Waals surface area (Å²) in [7, 11) is -3.34. The molecule has 6 nitrogen and oxygen atoms in total. The number of rotatable bonds is 3. The number of anilines is 1. The van der Waals surface area contributed by atoms with E-state index in [2.05, 4.69) is 4.72 Å². The van der Waals surface area contributed by atoms with Gasteiger partial charge < -0.3 is 10.2 Å². The lowest BCUT2D eigenvalue weighted by Crippen LogP contribution is -2.10. The molecule has 1 aromatic heterocycles. The van der Waals surface area contributed by atoms with E-state index in [0.29, 0.717) is 16.7 Å². The zero-order valence-corrected chi connectivity index (χ0v) is 9.74. The van der Waals surface area contributed by atoms with Crippen LogP contribution in [0.15, 0.2) is 28.9 Å². The smallest absolute Gasteiger partial charge is 0.252 e. The van der Waals surface area contributed by atoms with Crippen molar-refractivity contribution in [2.45, 2.75) is 0 Å². The molecule has 0 unspecified atom stereocenters. The standard InChI is InChI=1S/C10H10N2O4S/c1-17(14,15)12-6-2-3-7-8(10(11)13)5-16-9(7)4-6/h2-5,12H,1H3,(H2,11,13). The molecule has 1 heterocycles. The van der Waals surface area contributed by atoms with E-state index < -0.39 is 15.9 Å². The largest absolute Gasteiger partial charge is 0.463 e. The Morgan fingerprint density at radius 1 is 1.41 bits per heavy atom. The van der Waals surface area contributed by atoms with Crippen molar-refractivity contribution in [1.82, 2.24) is 0 Å². The highest BCUT2D eigenvalue weighted by molar-refractivity contribution is 7.92. The molecule has 0 saturated heterocycles. The highest BCUT2D eigenvalue weighted by Crippen LogP contribution is 2.24. The molecule has 1 amide bonds. The summed E-state index contributed by atoms with van der Waals surface area (Å²) in [4.78, 5) is 11.0. The fourth-order valence-corrected chi connectivity index (χ4v) is 2.05. The number of nitrogens with one attached hydrogen (secondary N) is 1. The zero-order chi connectivity index (χ0) is 12.6. The van der Waals surface area contributed by atoms with Gasteiger partial charge in [0.05, 0.1) is 17.5 Å². The minimum absolute atomic E-state index is 0.269. The Balaban J connectivity index is 2.50. The average Bonchev–Trinajstić information content (AvgIpc) is 2.57. The first kappa shape index (κ1) is 11.5. The van der Waals surface area contributed by atoms with Crippen molar-refractivity contribution in [3.8, 4) is 0 Å². The van der Waals surface area contributed by atoms with Crippen LogP contribution in [0.4, 0.5) is 5.69 Å². The Hall–Kier alpha value is -2.02. The van der Waals surface area contributed by atoms with Gasteiger partial charge in [0, 0.05) is 11.5 Å². The quantitative estimate of drug-likeness (QED) is 0.849. The molecule has 0 atom stereocenters. The summed E-state index contributed by atoms with van der Waals surface area (Å²) in [6.07, 6.45) is 2.30. The van der Waals surface area contributed by atoms with E-state index in [1.54, 1.807) is 6.07 Å². The van der Waals surface area contributed by atoms with Gasteiger partial charge in [0.1, 0.15) is 11.8 Å². The van der Waals surface area contributed by atoms with Gasteiger partial charge >= 0.3 is 0 Å². The van der Waals surface area contributed by atoms with Crippen LogP contribution in [0.5, 0.6) is 0 Å². The lowest BCUT2D eigenvalue weighted by molar-refractivity contribution is 0.100. The molecule has 0 aliphatic rings. The fourth-order valence-electron chi connectivity index (χ4n) is 1.50. The predicted octanol–water partition coefficient (Wildman–Crippen LogP) is 0.903. The van der Waals surface area contributed by atoms with Gasteiger partial charge in [0.15, 0.2) is 0 Å². The summed E-state index contributed by atoms with van der Waals surface area (Å²) in [6, 6.07) is 4.60. The van der Waals surface area contributed by atoms with Crippen LogP contribution < -0.4 is 10.5 Å². The third-order valence-electron chi connectivity index (χ3n) is 2.14. The SMILES string of the molecule is CS(=O)(=O)Nc1ccc2c(C(N)=O)coc2c1. The third kappa shape index (κ3) is 2.39. The predicted molar refractivity (Wildman–Crippen MR) is 63.2 cm³/mol. The van der Waals surface area contributed by atoms with Crippen LogP contribution in [-0.4, -0.2) is 20.6 Å². The van der Waals surface area contributed by atoms with Crippen LogP contribution in [0.2, 0.25) is 0 Å². The number of fused-ring (bicyclic) bond motifs is 1. The maximum absolute atomic E-state index is 11.0. The number of hydrogen-bond donors (Lipinski definition) is 2. The number of hydrogen-bond acceptors (Lipinski definition) is 4. The van der Waals surface area contributed by atoms with Crippen molar-refractivity contribution in [3.05, 3.63) is 30.0 Å². The second-order valence-corrected chi connectivity index (χ2v) is 5.35. The normalized spacial score (nSPS) is 11.6. The molecular formula is C10H10N2O4S. The van der Waals surface area contributed by atoms with Gasteiger partial charge in [-0.05, 0) is 12.1 Å². The topological polar surface area (TPSA) is 102 Å². The van der Waals surface area contributed by atoms with E-state index >= 15 is 0 Å². The van der Waals surface area contributed by atoms with Gasteiger partial charge in [-0.15, -0.1) is 0 Å². The lowest BCUT2D eigenvalue weighted by Gasteiger charge is -2.02. The van der Waals surface area contributed by atoms with Crippen LogP contribution in [0, 0.1) is 0 Å². The molecule has 7 heteroatoms. The molecule has 1 aromatic carbocycles. The number of carbonyl (C=O) groups is 1. The van der Waals surface area contributed by atoms with Crippen molar-refractivity contribution in [2.24, 2.45) is 5.73 Å². The number of nitrogens with two attached hydrogens (primary N) is 1. The van der Waals surface area contributed by atoms with Gasteiger partial charge in [-0.3, -0.25) is 9.52 Å². The first-order chi connectivity index (χ1) is 7.87. The fraction of sp³-hybridized carbons (Fsp3) is 0.100. The van der Waals surface area contributed by atoms with Crippen LogP contribution >= 0.6 is 0 Å². The zero-order valence-electron chi connectivity index (χ0n) is 8.93. The minimum Gasteiger partial charge on any atom is -0.463 e. The summed E-state index contributed by atoms with van der Waals surface area (Å²) < 4.78 is 29.5. The number of sulfonamides is 1. The van der Waals surface area contributed by atoms with E-state index in [-0.39, 0.29) is 5.56 Å². The molecule has 0 radical (unpaired) electrons. The summed E-state index contributed by atoms with van der Waals surface area (Å²) in [6.45, 7) is 0. The van der Waals surface area contributed by atoms with E-state index in [4.69, 9.17) is 10.2 Å². The third-order valence-corrected chi connectivity index (χ3v) is 2.75. The molecule has 17 heavy (non-hydrogen) atoms. The highest BCUT2D eigenvalue weighted by Gasteiger charge is 2.11. The molecule has 0 aliphatic carbocycles. The Bertz CT molecular complexity index is 687. The summed E-state index contributed by atoms with van der Waals surface area (Å²) >= 11 is 0. The summed E-state index contributed by atoms with van der Waals surface area (Å²) in [5.74, 6) is -0.590. The number of benzene rings is 1. The van der Waals surface area contributed by atoms with E-state index in [9.17, 15) is 13.2 Å². The van der Waals surface area contributed by atoms with Gasteiger partial charge in [-0.1, -0.05) is 0 Å². The van der Waals surface area contributed by atoms with Crippen LogP contribution in [0.1, 0.15) is 10.4 Å². The molecule has 2 rings (SSSR count). The molecule has 90 valence electrons. The summed E-state index contributed by atoms with van der Waals surface area (Å²) in [5.41, 5.74) is 6.18. The van der Waals surface area contributed by atoms with Crippen LogP contribution in [-0.2, 0) is 10.0 Å². The number of amides is 1. The number of carbonyl (C=O) groups excluding carboxylic acids is 1. The Labute approximate surface area is 97.4 Å². The maximum atomic E-state index is 11.0. The van der Waals surface area contributed by atoms with Crippen molar-refractivity contribution in [3.63, 3.8) is 0 Å². The van der Waals surface area contributed by atoms with E-state index in [1.165, 1.54) is 18.4 Å². The molecule has 0 aliphatic heterocycles. The van der Waals surface area contributed by atoms with Crippen molar-refractivity contribution in [2.75, 3.05) is 11.0 Å². The van der Waals surface area contributed by atoms with Crippen LogP contribution in [0.3, 0.4) is 0 Å². The monoisotopic (exact) mass is 254 g/mol. The number of furan rings is 1. The lowest BCUT2D eigenvalue weighted by atomic mass is 10.1. The average molecular weight is 254 g/mol. The molecule has 3 N–H and O–H groups in total. The maximum Gasteiger partial charge on any atom is 0.252 e. The van der Waals surface area contributed by atoms with Crippen LogP contribution in [0.25, 0.3) is 11.0 Å². The van der Waals surface area contributed by atoms with E-state index in [0.717, 1.165) is 6.26 Å². The van der Waals surface area contributed by atoms with Gasteiger partial charge in [-0.2, -0.15) is 0 Å². The molecule has 0 spiro atoms. The van der Waals surface area contributed by atoms with Crippen molar-refractivity contribution < 1.29 is 17.6 Å². The summed E-state index contributed by atoms with van der Waals surface area (Å²) in [5, 5.41) is 0.552. The first-order valence-electron chi connectivity index (χ1n) is 4.66. The molecule has 0 saturated carbocycles. The molecular weight excluding hydrogens is 244 g/mol. The van der Waals surface area contributed by atoms with Crippen molar-refractivity contribution in [1.29, 1.82) is 0 Å². The minimum atomic E-state index is -3.34. The second-order valence-electron chi connectivity index (χ2n) is 3.60. The van der Waals surface area contributed by atoms with Crippen molar-refractivity contribution >= 4 is 32.6 Å². The highest BCUT2D eigenvalue weighted by atomic mass is 32.2.